The van der Waals surface area contributed by atoms with Crippen molar-refractivity contribution in [2.75, 3.05) is 0 Å². The van der Waals surface area contributed by atoms with Gasteiger partial charge >= 0.3 is 33.5 Å². The summed E-state index contributed by atoms with van der Waals surface area (Å²) < 4.78 is 32.3. The Morgan fingerprint density at radius 2 is 1.19 bits per heavy atom. The van der Waals surface area contributed by atoms with E-state index in [0.717, 1.165) is 4.73 Å². The summed E-state index contributed by atoms with van der Waals surface area (Å²) in [4.78, 5) is 0. The lowest BCUT2D eigenvalue weighted by molar-refractivity contribution is -0.605. The molecule has 0 amide bonds. The Kier molecular flexibility index (Phi) is 26.7. The van der Waals surface area contributed by atoms with E-state index in [9.17, 15) is 5.21 Å². The third kappa shape index (κ3) is 37.5. The summed E-state index contributed by atoms with van der Waals surface area (Å²) in [5.41, 5.74) is 0. The van der Waals surface area contributed by atoms with E-state index < -0.39 is 10.4 Å². The zero-order chi connectivity index (χ0) is 9.61. The minimum atomic E-state index is -4.67. The van der Waals surface area contributed by atoms with E-state index in [1.165, 1.54) is 12.4 Å². The van der Waals surface area contributed by atoms with E-state index in [0.29, 0.717) is 0 Å². The third-order valence-electron chi connectivity index (χ3n) is 0.688. The van der Waals surface area contributed by atoms with Gasteiger partial charge in [0.05, 0.1) is 0 Å². The van der Waals surface area contributed by atoms with Gasteiger partial charge in [0.15, 0.2) is 12.4 Å². The molecule has 0 aliphatic heterocycles. The highest BCUT2D eigenvalue weighted by Crippen LogP contribution is 1.72. The normalized spacial score (nSPS) is 7.38. The minimum absolute atomic E-state index is 0. The molecule has 0 saturated heterocycles. The van der Waals surface area contributed by atoms with Crippen molar-refractivity contribution in [1.82, 2.24) is 0 Å². The Balaban J connectivity index is -0.0000000419. The van der Waals surface area contributed by atoms with Crippen LogP contribution in [0, 0.1) is 5.21 Å². The molecule has 9 nitrogen and oxygen atoms in total. The minimum Gasteiger partial charge on any atom is -0.619 e. The average Bonchev–Trinajstić information content (AvgIpc) is 1.85. The molecule has 1 aromatic rings. The van der Waals surface area contributed by atoms with Crippen molar-refractivity contribution in [3.8, 4) is 0 Å². The Hall–Kier alpha value is -0.534. The van der Waals surface area contributed by atoms with Crippen LogP contribution in [0.15, 0.2) is 30.6 Å². The molecule has 11 heteroatoms. The second-order valence-corrected chi connectivity index (χ2v) is 2.58. The van der Waals surface area contributed by atoms with Gasteiger partial charge in [0.25, 0.3) is 0 Å². The molecule has 16 heavy (non-hydrogen) atoms. The van der Waals surface area contributed by atoms with Crippen LogP contribution in [0.2, 0.25) is 0 Å². The largest absolute Gasteiger partial charge is 0.619 e. The lowest BCUT2D eigenvalue weighted by Crippen LogP contribution is -2.22. The maximum absolute atomic E-state index is 10.2. The molecule has 0 unspecified atom stereocenters. The fourth-order valence-electron chi connectivity index (χ4n) is 0.383. The summed E-state index contributed by atoms with van der Waals surface area (Å²) in [6.45, 7) is 0. The van der Waals surface area contributed by atoms with Gasteiger partial charge in [-0.3, -0.25) is 9.11 Å². The van der Waals surface area contributed by atoms with Crippen molar-refractivity contribution in [3.63, 3.8) is 0 Å². The summed E-state index contributed by atoms with van der Waals surface area (Å²) in [5.74, 6) is 0. The third-order valence-corrected chi connectivity index (χ3v) is 0.688. The van der Waals surface area contributed by atoms with Crippen LogP contribution in [0.25, 0.3) is 0 Å². The first-order valence-corrected chi connectivity index (χ1v) is 4.13. The van der Waals surface area contributed by atoms with Crippen LogP contribution in [0.3, 0.4) is 0 Å². The first kappa shape index (κ1) is 29.5. The molecule has 1 rings (SSSR count). The van der Waals surface area contributed by atoms with Crippen molar-refractivity contribution in [3.05, 3.63) is 35.8 Å². The summed E-state index contributed by atoms with van der Waals surface area (Å²) in [7, 11) is -4.67. The molecule has 0 spiro atoms. The molecule has 8 N–H and O–H groups in total. The van der Waals surface area contributed by atoms with Crippen LogP contribution in [0.5, 0.6) is 0 Å². The van der Waals surface area contributed by atoms with Crippen LogP contribution >= 0.6 is 0 Å². The van der Waals surface area contributed by atoms with Crippen LogP contribution in [-0.2, 0) is 10.4 Å². The molecule has 0 radical (unpaired) electrons. The molecule has 0 fully saturated rings. The summed E-state index contributed by atoms with van der Waals surface area (Å²) in [6.07, 6.45) is 2.89. The highest BCUT2D eigenvalue weighted by molar-refractivity contribution is 7.79. The molecule has 0 atom stereocenters. The Morgan fingerprint density at radius 3 is 1.31 bits per heavy atom. The van der Waals surface area contributed by atoms with Crippen LogP contribution in [0.1, 0.15) is 0 Å². The molecule has 0 aromatic carbocycles. The van der Waals surface area contributed by atoms with Crippen LogP contribution in [-0.4, -0.2) is 57.0 Å². The molecular formula is C5H15MgNO8S. The zero-order valence-corrected chi connectivity index (χ0v) is 8.18. The molecular weight excluding hydrogens is 258 g/mol. The molecule has 0 aliphatic carbocycles. The summed E-state index contributed by atoms with van der Waals surface area (Å²) in [5, 5.41) is 10.2. The van der Waals surface area contributed by atoms with Gasteiger partial charge in [0.2, 0.25) is 0 Å². The van der Waals surface area contributed by atoms with Crippen molar-refractivity contribution < 1.29 is 38.7 Å². The van der Waals surface area contributed by atoms with Gasteiger partial charge in [-0.05, 0) is 0 Å². The van der Waals surface area contributed by atoms with E-state index in [1.807, 2.05) is 0 Å². The Bertz CT molecular complexity index is 308. The smallest absolute Gasteiger partial charge is 0.394 e. The molecule has 0 bridgehead atoms. The highest BCUT2D eigenvalue weighted by atomic mass is 32.3. The molecule has 1 heterocycles. The number of hydrogen-bond acceptors (Lipinski definition) is 3. The van der Waals surface area contributed by atoms with Crippen molar-refractivity contribution in [2.45, 2.75) is 0 Å². The molecule has 0 aliphatic rings. The Morgan fingerprint density at radius 1 is 0.938 bits per heavy atom. The van der Waals surface area contributed by atoms with E-state index in [-0.39, 0.29) is 39.5 Å². The molecule has 0 saturated carbocycles. The van der Waals surface area contributed by atoms with Crippen LogP contribution < -0.4 is 4.73 Å². The fourth-order valence-corrected chi connectivity index (χ4v) is 0.383. The maximum Gasteiger partial charge on any atom is 0.394 e. The Labute approximate surface area is 108 Å². The monoisotopic (exact) mass is 273 g/mol. The SMILES string of the molecule is O.O.O.O=S(=O)(O)O.[MgH2].[O-][n+]1ccccc1. The molecule has 96 valence electrons. The van der Waals surface area contributed by atoms with Crippen molar-refractivity contribution in [1.29, 1.82) is 0 Å². The van der Waals surface area contributed by atoms with Gasteiger partial charge in [-0.2, -0.15) is 13.1 Å². The van der Waals surface area contributed by atoms with E-state index in [2.05, 4.69) is 0 Å². The van der Waals surface area contributed by atoms with Crippen molar-refractivity contribution in [2.24, 2.45) is 0 Å². The first-order valence-electron chi connectivity index (χ1n) is 2.73. The van der Waals surface area contributed by atoms with Gasteiger partial charge in [-0.1, -0.05) is 6.07 Å². The lowest BCUT2D eigenvalue weighted by Gasteiger charge is -1.88. The van der Waals surface area contributed by atoms with E-state index in [1.54, 1.807) is 18.2 Å². The standard InChI is InChI=1S/C5H5NO.Mg.H2O4S.3H2O.2H/c7-6-4-2-1-3-5-6;;1-5(2,3)4;;;;;/h1-5H;;(H2,1,2,3,4);3*1H2;;. The summed E-state index contributed by atoms with van der Waals surface area (Å²) >= 11 is 0. The summed E-state index contributed by atoms with van der Waals surface area (Å²) in [6, 6.07) is 5.18. The topological polar surface area (TPSA) is 196 Å². The second-order valence-electron chi connectivity index (χ2n) is 1.68. The van der Waals surface area contributed by atoms with Gasteiger partial charge in [0, 0.05) is 12.1 Å². The molecule has 1 aromatic heterocycles. The highest BCUT2D eigenvalue weighted by Gasteiger charge is 1.84. The number of pyridine rings is 1. The average molecular weight is 274 g/mol. The number of aromatic nitrogens is 1. The van der Waals surface area contributed by atoms with Gasteiger partial charge in [-0.15, -0.1) is 0 Å². The predicted molar refractivity (Wildman–Crippen MR) is 59.0 cm³/mol. The van der Waals surface area contributed by atoms with E-state index in [4.69, 9.17) is 17.5 Å². The predicted octanol–water partition coefficient (Wildman–Crippen LogP) is -3.72. The van der Waals surface area contributed by atoms with Gasteiger partial charge in [0.1, 0.15) is 0 Å². The van der Waals surface area contributed by atoms with Crippen molar-refractivity contribution >= 4 is 33.5 Å². The van der Waals surface area contributed by atoms with Gasteiger partial charge in [-0.25, -0.2) is 0 Å². The second kappa shape index (κ2) is 14.5. The number of hydrogen-bond donors (Lipinski definition) is 2. The number of rotatable bonds is 0. The fraction of sp³-hybridized carbons (Fsp3) is 0. The van der Waals surface area contributed by atoms with Gasteiger partial charge < -0.3 is 21.6 Å². The van der Waals surface area contributed by atoms with E-state index >= 15 is 0 Å². The first-order chi connectivity index (χ1) is 5.39. The zero-order valence-electron chi connectivity index (χ0n) is 7.36. The number of nitrogens with zero attached hydrogens (tertiary/aromatic N) is 1. The quantitative estimate of drug-likeness (QED) is 0.212. The van der Waals surface area contributed by atoms with Crippen LogP contribution in [0.4, 0.5) is 0 Å². The lowest BCUT2D eigenvalue weighted by atomic mass is 10.5. The maximum atomic E-state index is 10.2.